The lowest BCUT2D eigenvalue weighted by atomic mass is 9.89. The molecule has 0 N–H and O–H groups in total. The number of imide groups is 1. The molecule has 4 rings (SSSR count). The van der Waals surface area contributed by atoms with Gasteiger partial charge in [0.1, 0.15) is 0 Å². The number of benzene rings is 2. The number of pyridine rings is 1. The quantitative estimate of drug-likeness (QED) is 0.121. The Morgan fingerprint density at radius 3 is 1.52 bits per heavy atom. The first-order valence-corrected chi connectivity index (χ1v) is 17.6. The number of carbonyl (C=O) groups is 2. The molecule has 0 atom stereocenters. The van der Waals surface area contributed by atoms with Gasteiger partial charge in [-0.15, -0.1) is 0 Å². The molecule has 5 nitrogen and oxygen atoms in total. The normalized spacial score (nSPS) is 13.4. The fourth-order valence-corrected chi connectivity index (χ4v) is 8.12. The van der Waals surface area contributed by atoms with Crippen molar-refractivity contribution in [3.63, 3.8) is 0 Å². The maximum absolute atomic E-state index is 14.0. The fourth-order valence-electron chi connectivity index (χ4n) is 5.80. The number of unbranched alkanes of at least 4 members (excludes halogenated alkanes) is 10. The Bertz CT molecular complexity index is 1470. The highest BCUT2D eigenvalue weighted by molar-refractivity contribution is 9.13. The first-order chi connectivity index (χ1) is 19.2. The number of carbonyl (C=O) groups excluding carboxylic acids is 2. The van der Waals surface area contributed by atoms with Crippen LogP contribution in [-0.2, 0) is 6.54 Å². The fraction of sp³-hybridized carbons (Fsp3) is 0.516. The predicted molar refractivity (Wildman–Crippen MR) is 179 cm³/mol. The summed E-state index contributed by atoms with van der Waals surface area (Å²) in [5.74, 6) is -0.671. The van der Waals surface area contributed by atoms with Crippen LogP contribution in [0.3, 0.4) is 0 Å². The lowest BCUT2D eigenvalue weighted by Gasteiger charge is -2.30. The minimum Gasteiger partial charge on any atom is -0.308 e. The van der Waals surface area contributed by atoms with Crippen molar-refractivity contribution in [1.29, 1.82) is 0 Å². The molecule has 1 aliphatic rings. The highest BCUT2D eigenvalue weighted by Crippen LogP contribution is 2.48. The van der Waals surface area contributed by atoms with Crippen LogP contribution in [0.25, 0.3) is 28.1 Å². The van der Waals surface area contributed by atoms with E-state index in [4.69, 9.17) is 0 Å². The summed E-state index contributed by atoms with van der Waals surface area (Å²) >= 11 is 14.7. The molecular formula is C31H36Br4N2O3. The zero-order valence-electron chi connectivity index (χ0n) is 23.2. The zero-order valence-corrected chi connectivity index (χ0v) is 29.6. The van der Waals surface area contributed by atoms with Crippen LogP contribution >= 0.6 is 63.7 Å². The van der Waals surface area contributed by atoms with Crippen molar-refractivity contribution in [3.05, 3.63) is 44.7 Å². The van der Waals surface area contributed by atoms with Gasteiger partial charge in [0.05, 0.1) is 16.5 Å². The summed E-state index contributed by atoms with van der Waals surface area (Å²) in [6.07, 6.45) is 13.0. The lowest BCUT2D eigenvalue weighted by Crippen LogP contribution is -2.42. The van der Waals surface area contributed by atoms with Crippen molar-refractivity contribution in [2.24, 2.45) is 0 Å². The van der Waals surface area contributed by atoms with Crippen LogP contribution in [0.1, 0.15) is 112 Å². The van der Waals surface area contributed by atoms with Crippen LogP contribution in [0, 0.1) is 0 Å². The number of halogens is 4. The summed E-state index contributed by atoms with van der Waals surface area (Å²) in [4.78, 5) is 43.0. The Kier molecular flexibility index (Phi) is 11.1. The molecule has 9 heteroatoms. The van der Waals surface area contributed by atoms with E-state index >= 15 is 0 Å². The Hall–Kier alpha value is -1.03. The SMILES string of the molecule is C=c1c2c(Br)c(Br)c3c4c(c(Br)c(Br)c(c(=O)n1CCCCCCCC)c42)C(=O)N(CCCCCCCC)C3=O. The maximum Gasteiger partial charge on any atom is 0.262 e. The number of nitrogens with zero attached hydrogens (tertiary/aromatic N) is 2. The molecule has 40 heavy (non-hydrogen) atoms. The second-order valence-electron chi connectivity index (χ2n) is 10.7. The molecule has 0 aliphatic carbocycles. The number of amides is 2. The summed E-state index contributed by atoms with van der Waals surface area (Å²) in [7, 11) is 0. The highest BCUT2D eigenvalue weighted by Gasteiger charge is 2.39. The van der Waals surface area contributed by atoms with Gasteiger partial charge in [-0.1, -0.05) is 84.6 Å². The van der Waals surface area contributed by atoms with E-state index in [1.807, 2.05) is 0 Å². The summed E-state index contributed by atoms with van der Waals surface area (Å²) in [6.45, 7) is 9.63. The number of hydrogen-bond acceptors (Lipinski definition) is 3. The summed E-state index contributed by atoms with van der Waals surface area (Å²) in [6, 6.07) is 0. The van der Waals surface area contributed by atoms with E-state index in [0.717, 1.165) is 50.3 Å². The van der Waals surface area contributed by atoms with Crippen LogP contribution in [0.15, 0.2) is 22.7 Å². The van der Waals surface area contributed by atoms with Gasteiger partial charge >= 0.3 is 0 Å². The molecule has 2 aromatic carbocycles. The molecule has 0 fully saturated rings. The van der Waals surface area contributed by atoms with Crippen LogP contribution < -0.4 is 10.9 Å². The third-order valence-electron chi connectivity index (χ3n) is 7.98. The average molecular weight is 804 g/mol. The van der Waals surface area contributed by atoms with Crippen molar-refractivity contribution in [1.82, 2.24) is 9.47 Å². The zero-order chi connectivity index (χ0) is 29.1. The van der Waals surface area contributed by atoms with E-state index in [1.165, 1.54) is 37.0 Å². The van der Waals surface area contributed by atoms with E-state index in [9.17, 15) is 14.4 Å². The average Bonchev–Trinajstić information content (AvgIpc) is 2.92. The van der Waals surface area contributed by atoms with Gasteiger partial charge in [0, 0.05) is 52.5 Å². The molecular weight excluding hydrogens is 768 g/mol. The first-order valence-electron chi connectivity index (χ1n) is 14.4. The summed E-state index contributed by atoms with van der Waals surface area (Å²) in [5, 5.41) is 2.90. The van der Waals surface area contributed by atoms with E-state index < -0.39 is 0 Å². The molecule has 2 heterocycles. The molecule has 0 bridgehead atoms. The van der Waals surface area contributed by atoms with E-state index in [2.05, 4.69) is 84.1 Å². The number of aromatic nitrogens is 1. The minimum absolute atomic E-state index is 0.167. The second kappa shape index (κ2) is 14.0. The maximum atomic E-state index is 14.0. The third kappa shape index (κ3) is 5.78. The Morgan fingerprint density at radius 1 is 0.550 bits per heavy atom. The monoisotopic (exact) mass is 800 g/mol. The lowest BCUT2D eigenvalue weighted by molar-refractivity contribution is 0.0606. The van der Waals surface area contributed by atoms with Gasteiger partial charge in [0.2, 0.25) is 0 Å². The molecule has 216 valence electrons. The van der Waals surface area contributed by atoms with E-state index in [-0.39, 0.29) is 17.4 Å². The van der Waals surface area contributed by atoms with Gasteiger partial charge in [0.15, 0.2) is 0 Å². The van der Waals surface area contributed by atoms with Crippen molar-refractivity contribution in [2.75, 3.05) is 6.54 Å². The molecule has 0 radical (unpaired) electrons. The van der Waals surface area contributed by atoms with Gasteiger partial charge in [-0.05, 0) is 76.6 Å². The van der Waals surface area contributed by atoms with E-state index in [0.29, 0.717) is 63.6 Å². The number of hydrogen-bond donors (Lipinski definition) is 0. The second-order valence-corrected chi connectivity index (χ2v) is 13.9. The van der Waals surface area contributed by atoms with Crippen LogP contribution in [-0.4, -0.2) is 27.8 Å². The third-order valence-corrected chi connectivity index (χ3v) is 12.2. The van der Waals surface area contributed by atoms with Crippen molar-refractivity contribution < 1.29 is 9.59 Å². The van der Waals surface area contributed by atoms with E-state index in [1.54, 1.807) is 4.57 Å². The Labute approximate surface area is 269 Å². The van der Waals surface area contributed by atoms with Crippen LogP contribution in [0.2, 0.25) is 0 Å². The topological polar surface area (TPSA) is 59.4 Å². The van der Waals surface area contributed by atoms with Gasteiger partial charge < -0.3 is 4.57 Å². The predicted octanol–water partition coefficient (Wildman–Crippen LogP) is 9.65. The Morgan fingerprint density at radius 2 is 1.00 bits per heavy atom. The number of rotatable bonds is 14. The molecule has 0 saturated carbocycles. The van der Waals surface area contributed by atoms with Gasteiger partial charge in [-0.3, -0.25) is 19.3 Å². The first kappa shape index (κ1) is 31.9. The molecule has 1 aromatic heterocycles. The van der Waals surface area contributed by atoms with Crippen molar-refractivity contribution >= 4 is 104 Å². The molecule has 0 spiro atoms. The summed E-state index contributed by atoms with van der Waals surface area (Å²) < 4.78 is 4.03. The van der Waals surface area contributed by atoms with Crippen molar-refractivity contribution in [3.8, 4) is 0 Å². The minimum atomic E-state index is -0.335. The molecule has 1 aliphatic heterocycles. The molecule has 2 amide bonds. The van der Waals surface area contributed by atoms with Gasteiger partial charge in [-0.25, -0.2) is 0 Å². The highest BCUT2D eigenvalue weighted by atomic mass is 79.9. The van der Waals surface area contributed by atoms with Crippen LogP contribution in [0.4, 0.5) is 0 Å². The molecule has 3 aromatic rings. The largest absolute Gasteiger partial charge is 0.308 e. The standard InChI is InChI=1S/C31H36Br4N2O3/c1-4-6-8-10-12-14-16-36-18(3)19-20-21-23(26(33)25(19)32)30(39)37(17-15-13-11-9-7-5-2)31(40)24(21)28(35)27(34)22(20)29(36)38/h3-17H2,1-2H3. The van der Waals surface area contributed by atoms with Gasteiger partial charge in [-0.2, -0.15) is 0 Å². The molecule has 0 saturated heterocycles. The van der Waals surface area contributed by atoms with Gasteiger partial charge in [0.25, 0.3) is 17.4 Å². The van der Waals surface area contributed by atoms with Crippen molar-refractivity contribution in [2.45, 2.75) is 97.4 Å². The Balaban J connectivity index is 1.83. The molecule has 0 unspecified atom stereocenters. The smallest absolute Gasteiger partial charge is 0.262 e. The van der Waals surface area contributed by atoms with Crippen LogP contribution in [0.5, 0.6) is 0 Å². The summed E-state index contributed by atoms with van der Waals surface area (Å²) in [5.41, 5.74) is 0.649.